The minimum absolute atomic E-state index is 0.330. The largest absolute Gasteiger partial charge is 0.462 e. The first kappa shape index (κ1) is 14.1. The summed E-state index contributed by atoms with van der Waals surface area (Å²) < 4.78 is 5.14. The van der Waals surface area contributed by atoms with Gasteiger partial charge in [0.2, 0.25) is 0 Å². The maximum Gasteiger partial charge on any atom is 0.341 e. The summed E-state index contributed by atoms with van der Waals surface area (Å²) in [5.41, 5.74) is 2.13. The van der Waals surface area contributed by atoms with Crippen LogP contribution in [0.2, 0.25) is 0 Å². The molecule has 3 rings (SSSR count). The minimum atomic E-state index is -0.376. The average Bonchev–Trinajstić information content (AvgIpc) is 2.55. The Morgan fingerprint density at radius 3 is 2.59 bits per heavy atom. The van der Waals surface area contributed by atoms with Gasteiger partial charge in [0.1, 0.15) is 11.4 Å². The van der Waals surface area contributed by atoms with Crippen molar-refractivity contribution in [1.82, 2.24) is 4.98 Å². The molecule has 0 aliphatic rings. The van der Waals surface area contributed by atoms with Gasteiger partial charge in [-0.1, -0.05) is 36.4 Å². The number of para-hydroxylation sites is 2. The van der Waals surface area contributed by atoms with Gasteiger partial charge in [-0.15, -0.1) is 0 Å². The van der Waals surface area contributed by atoms with E-state index in [1.165, 1.54) is 0 Å². The number of nitrogens with zero attached hydrogens (tertiary/aromatic N) is 1. The summed E-state index contributed by atoms with van der Waals surface area (Å²) in [7, 11) is 0. The molecule has 4 heteroatoms. The Morgan fingerprint density at radius 2 is 1.82 bits per heavy atom. The summed E-state index contributed by atoms with van der Waals surface area (Å²) in [6.07, 6.45) is 0. The SMILES string of the molecule is CCOC(=O)c1cc2ccccc2nc1Nc1ccccc1. The van der Waals surface area contributed by atoms with Gasteiger partial charge < -0.3 is 10.1 Å². The van der Waals surface area contributed by atoms with Gasteiger partial charge in [-0.25, -0.2) is 9.78 Å². The van der Waals surface area contributed by atoms with Gasteiger partial charge in [-0.3, -0.25) is 0 Å². The highest BCUT2D eigenvalue weighted by Gasteiger charge is 2.15. The third kappa shape index (κ3) is 2.91. The summed E-state index contributed by atoms with van der Waals surface area (Å²) in [5.74, 6) is 0.127. The van der Waals surface area contributed by atoms with E-state index in [1.807, 2.05) is 60.7 Å². The molecule has 0 bridgehead atoms. The fourth-order valence-corrected chi connectivity index (χ4v) is 2.23. The predicted molar refractivity (Wildman–Crippen MR) is 87.4 cm³/mol. The van der Waals surface area contributed by atoms with Crippen molar-refractivity contribution in [1.29, 1.82) is 0 Å². The van der Waals surface area contributed by atoms with Crippen LogP contribution in [0, 0.1) is 0 Å². The van der Waals surface area contributed by atoms with E-state index in [0.717, 1.165) is 16.6 Å². The van der Waals surface area contributed by atoms with E-state index in [-0.39, 0.29) is 5.97 Å². The van der Waals surface area contributed by atoms with Gasteiger partial charge in [-0.05, 0) is 31.2 Å². The number of aromatic nitrogens is 1. The van der Waals surface area contributed by atoms with Crippen LogP contribution in [0.4, 0.5) is 11.5 Å². The number of nitrogens with one attached hydrogen (secondary N) is 1. The predicted octanol–water partition coefficient (Wildman–Crippen LogP) is 4.16. The fraction of sp³-hybridized carbons (Fsp3) is 0.111. The van der Waals surface area contributed by atoms with Crippen molar-refractivity contribution in [3.8, 4) is 0 Å². The molecule has 1 N–H and O–H groups in total. The van der Waals surface area contributed by atoms with Gasteiger partial charge in [0, 0.05) is 11.1 Å². The van der Waals surface area contributed by atoms with Crippen molar-refractivity contribution in [3.63, 3.8) is 0 Å². The average molecular weight is 292 g/mol. The maximum atomic E-state index is 12.2. The van der Waals surface area contributed by atoms with Crippen LogP contribution in [0.5, 0.6) is 0 Å². The number of benzene rings is 2. The molecule has 1 aromatic heterocycles. The van der Waals surface area contributed by atoms with Crippen LogP contribution in [-0.4, -0.2) is 17.6 Å². The molecule has 0 unspecified atom stereocenters. The number of rotatable bonds is 4. The first-order valence-electron chi connectivity index (χ1n) is 7.17. The molecule has 2 aromatic carbocycles. The maximum absolute atomic E-state index is 12.2. The molecular weight excluding hydrogens is 276 g/mol. The third-order valence-corrected chi connectivity index (χ3v) is 3.26. The van der Waals surface area contributed by atoms with E-state index in [1.54, 1.807) is 6.92 Å². The Labute approximate surface area is 128 Å². The Balaban J connectivity index is 2.08. The van der Waals surface area contributed by atoms with Crippen LogP contribution in [-0.2, 0) is 4.74 Å². The van der Waals surface area contributed by atoms with E-state index in [0.29, 0.717) is 18.0 Å². The number of fused-ring (bicyclic) bond motifs is 1. The molecule has 0 aliphatic heterocycles. The molecule has 0 amide bonds. The molecule has 0 saturated carbocycles. The van der Waals surface area contributed by atoms with Gasteiger partial charge in [0.15, 0.2) is 0 Å². The second-order valence-corrected chi connectivity index (χ2v) is 4.79. The zero-order chi connectivity index (χ0) is 15.4. The summed E-state index contributed by atoms with van der Waals surface area (Å²) in [6.45, 7) is 2.12. The molecule has 22 heavy (non-hydrogen) atoms. The topological polar surface area (TPSA) is 51.2 Å². The number of anilines is 2. The zero-order valence-corrected chi connectivity index (χ0v) is 12.2. The normalized spacial score (nSPS) is 10.4. The number of carbonyl (C=O) groups excluding carboxylic acids is 1. The molecular formula is C18H16N2O2. The van der Waals surface area contributed by atoms with Crippen LogP contribution < -0.4 is 5.32 Å². The molecule has 0 atom stereocenters. The lowest BCUT2D eigenvalue weighted by Gasteiger charge is -2.12. The lowest BCUT2D eigenvalue weighted by atomic mass is 10.1. The number of hydrogen-bond acceptors (Lipinski definition) is 4. The van der Waals surface area contributed by atoms with Crippen molar-refractivity contribution >= 4 is 28.4 Å². The van der Waals surface area contributed by atoms with Crippen LogP contribution in [0.25, 0.3) is 10.9 Å². The molecule has 110 valence electrons. The lowest BCUT2D eigenvalue weighted by molar-refractivity contribution is 0.0527. The van der Waals surface area contributed by atoms with Crippen molar-refractivity contribution in [2.45, 2.75) is 6.92 Å². The number of hydrogen-bond donors (Lipinski definition) is 1. The number of esters is 1. The number of pyridine rings is 1. The van der Waals surface area contributed by atoms with Crippen LogP contribution >= 0.6 is 0 Å². The molecule has 0 radical (unpaired) electrons. The number of carbonyl (C=O) groups is 1. The van der Waals surface area contributed by atoms with Crippen molar-refractivity contribution in [2.24, 2.45) is 0 Å². The van der Waals surface area contributed by atoms with E-state index in [4.69, 9.17) is 4.74 Å². The summed E-state index contributed by atoms with van der Waals surface area (Å²) in [5, 5.41) is 4.10. The van der Waals surface area contributed by atoms with Crippen LogP contribution in [0.3, 0.4) is 0 Å². The summed E-state index contributed by atoms with van der Waals surface area (Å²) in [4.78, 5) is 16.8. The third-order valence-electron chi connectivity index (χ3n) is 3.26. The summed E-state index contributed by atoms with van der Waals surface area (Å²) in [6, 6.07) is 19.1. The molecule has 1 heterocycles. The van der Waals surface area contributed by atoms with Gasteiger partial charge in [0.05, 0.1) is 12.1 Å². The fourth-order valence-electron chi connectivity index (χ4n) is 2.23. The molecule has 0 spiro atoms. The van der Waals surface area contributed by atoms with Gasteiger partial charge in [-0.2, -0.15) is 0 Å². The van der Waals surface area contributed by atoms with Crippen molar-refractivity contribution in [3.05, 3.63) is 66.2 Å². The highest BCUT2D eigenvalue weighted by atomic mass is 16.5. The second kappa shape index (κ2) is 6.26. The van der Waals surface area contributed by atoms with Crippen LogP contribution in [0.15, 0.2) is 60.7 Å². The van der Waals surface area contributed by atoms with Crippen molar-refractivity contribution < 1.29 is 9.53 Å². The van der Waals surface area contributed by atoms with Gasteiger partial charge in [0.25, 0.3) is 0 Å². The molecule has 0 fully saturated rings. The quantitative estimate of drug-likeness (QED) is 0.734. The second-order valence-electron chi connectivity index (χ2n) is 4.79. The molecule has 4 nitrogen and oxygen atoms in total. The molecule has 0 saturated heterocycles. The number of ether oxygens (including phenoxy) is 1. The Morgan fingerprint density at radius 1 is 1.09 bits per heavy atom. The molecule has 0 aliphatic carbocycles. The lowest BCUT2D eigenvalue weighted by Crippen LogP contribution is -2.09. The van der Waals surface area contributed by atoms with E-state index >= 15 is 0 Å². The zero-order valence-electron chi connectivity index (χ0n) is 12.2. The highest BCUT2D eigenvalue weighted by molar-refractivity contribution is 5.99. The van der Waals surface area contributed by atoms with E-state index in [9.17, 15) is 4.79 Å². The standard InChI is InChI=1S/C18H16N2O2/c1-2-22-18(21)15-12-13-8-6-7-11-16(13)20-17(15)19-14-9-4-3-5-10-14/h3-12H,2H2,1H3,(H,19,20). The van der Waals surface area contributed by atoms with Gasteiger partial charge >= 0.3 is 5.97 Å². The first-order chi connectivity index (χ1) is 10.8. The summed E-state index contributed by atoms with van der Waals surface area (Å²) >= 11 is 0. The minimum Gasteiger partial charge on any atom is -0.462 e. The monoisotopic (exact) mass is 292 g/mol. The highest BCUT2D eigenvalue weighted by Crippen LogP contribution is 2.24. The smallest absolute Gasteiger partial charge is 0.341 e. The van der Waals surface area contributed by atoms with Crippen molar-refractivity contribution in [2.75, 3.05) is 11.9 Å². The van der Waals surface area contributed by atoms with E-state index in [2.05, 4.69) is 10.3 Å². The first-order valence-corrected chi connectivity index (χ1v) is 7.17. The van der Waals surface area contributed by atoms with E-state index < -0.39 is 0 Å². The van der Waals surface area contributed by atoms with Crippen LogP contribution in [0.1, 0.15) is 17.3 Å². The Kier molecular flexibility index (Phi) is 4.01. The molecule has 3 aromatic rings. The Hall–Kier alpha value is -2.88. The Bertz CT molecular complexity index is 801.